The number of anilines is 1. The molecule has 2 aliphatic heterocycles. The van der Waals surface area contributed by atoms with E-state index in [0.717, 1.165) is 62.3 Å². The van der Waals surface area contributed by atoms with E-state index >= 15 is 0 Å². The second-order valence-corrected chi connectivity index (χ2v) is 12.5. The molecular formula is C35H36F3N7O6. The maximum absolute atomic E-state index is 13.7. The first-order valence-corrected chi connectivity index (χ1v) is 16.9. The molecule has 6 rings (SSSR count). The number of piperidine rings is 1. The molecule has 3 N–H and O–H groups in total. The minimum Gasteiger partial charge on any atom is -0.463 e. The molecule has 5 heterocycles. The Morgan fingerprint density at radius 2 is 1.61 bits per heavy atom. The molecule has 1 fully saturated rings. The number of furan rings is 1. The molecule has 0 aliphatic carbocycles. The number of hydrogen-bond acceptors (Lipinski definition) is 9. The van der Waals surface area contributed by atoms with Crippen LogP contribution >= 0.6 is 0 Å². The predicted molar refractivity (Wildman–Crippen MR) is 177 cm³/mol. The van der Waals surface area contributed by atoms with Crippen LogP contribution in [0.15, 0.2) is 53.1 Å². The van der Waals surface area contributed by atoms with E-state index in [1.807, 2.05) is 0 Å². The molecule has 51 heavy (non-hydrogen) atoms. The summed E-state index contributed by atoms with van der Waals surface area (Å²) in [5, 5.41) is 12.1. The number of unbranched alkanes of at least 4 members (excludes halogenated alkanes) is 7. The quantitative estimate of drug-likeness (QED) is 0.109. The number of fused-ring (bicyclic) bond motifs is 2. The van der Waals surface area contributed by atoms with Crippen molar-refractivity contribution in [2.75, 3.05) is 18.4 Å². The van der Waals surface area contributed by atoms with Gasteiger partial charge in [-0.25, -0.2) is 9.50 Å². The molecule has 0 spiro atoms. The molecule has 16 heteroatoms. The second-order valence-electron chi connectivity index (χ2n) is 12.5. The number of nitrogens with zero attached hydrogens (tertiary/aromatic N) is 4. The van der Waals surface area contributed by atoms with Gasteiger partial charge in [-0.2, -0.15) is 18.3 Å². The molecule has 2 aliphatic rings. The minimum absolute atomic E-state index is 0.0143. The lowest BCUT2D eigenvalue weighted by atomic mass is 10.0. The number of carbonyl (C=O) groups is 5. The van der Waals surface area contributed by atoms with Crippen LogP contribution in [0.4, 0.5) is 18.9 Å². The summed E-state index contributed by atoms with van der Waals surface area (Å²) < 4.78 is 47.0. The Hall–Kier alpha value is -5.54. The van der Waals surface area contributed by atoms with Gasteiger partial charge in [0.05, 0.1) is 17.4 Å². The highest BCUT2D eigenvalue weighted by Crippen LogP contribution is 2.33. The second kappa shape index (κ2) is 15.1. The Morgan fingerprint density at radius 1 is 0.902 bits per heavy atom. The molecule has 5 amide bonds. The summed E-state index contributed by atoms with van der Waals surface area (Å²) in [6, 6.07) is 9.05. The standard InChI is InChI=1S/C35H36F3N7O6/c36-35(37,38)28-19-24(27-10-9-17-51-27)41-29-20-25(43-45(28)29)31(47)40-16-8-6-4-2-1-3-5-7-15-39-21-11-12-22-23(18-21)34(50)44(33(22)49)26-13-14-30(46)42-32(26)48/h9-12,17-20,26,39H,1-8,13-16H2,(H,40,47)(H,42,46,48). The molecule has 4 aromatic rings. The van der Waals surface area contributed by atoms with Crippen molar-refractivity contribution in [2.24, 2.45) is 0 Å². The molecule has 1 aromatic carbocycles. The van der Waals surface area contributed by atoms with Gasteiger partial charge in [-0.05, 0) is 55.7 Å². The number of imide groups is 2. The Labute approximate surface area is 290 Å². The normalized spacial score (nSPS) is 16.1. The van der Waals surface area contributed by atoms with Crippen LogP contribution in [0.3, 0.4) is 0 Å². The number of rotatable bonds is 15. The van der Waals surface area contributed by atoms with Crippen LogP contribution in [0.1, 0.15) is 101 Å². The average Bonchev–Trinajstić information content (AvgIpc) is 3.84. The first kappa shape index (κ1) is 35.3. The summed E-state index contributed by atoms with van der Waals surface area (Å²) in [7, 11) is 0. The Kier molecular flexibility index (Phi) is 10.5. The van der Waals surface area contributed by atoms with Crippen molar-refractivity contribution in [3.8, 4) is 11.5 Å². The van der Waals surface area contributed by atoms with E-state index in [2.05, 4.69) is 26.0 Å². The van der Waals surface area contributed by atoms with E-state index in [-0.39, 0.29) is 46.8 Å². The molecule has 0 saturated carbocycles. The van der Waals surface area contributed by atoms with Crippen molar-refractivity contribution < 1.29 is 41.6 Å². The Morgan fingerprint density at radius 3 is 2.29 bits per heavy atom. The number of hydrogen-bond donors (Lipinski definition) is 3. The van der Waals surface area contributed by atoms with Crippen LogP contribution in [-0.4, -0.2) is 68.2 Å². The first-order valence-electron chi connectivity index (χ1n) is 16.9. The van der Waals surface area contributed by atoms with Gasteiger partial charge in [0.15, 0.2) is 22.8 Å². The summed E-state index contributed by atoms with van der Waals surface area (Å²) in [4.78, 5) is 67.3. The van der Waals surface area contributed by atoms with Gasteiger partial charge in [0.2, 0.25) is 11.8 Å². The molecule has 268 valence electrons. The fourth-order valence-electron chi connectivity index (χ4n) is 6.25. The first-order chi connectivity index (χ1) is 24.5. The van der Waals surface area contributed by atoms with Gasteiger partial charge < -0.3 is 15.1 Å². The molecule has 1 unspecified atom stereocenters. The number of amides is 5. The van der Waals surface area contributed by atoms with Gasteiger partial charge in [0.1, 0.15) is 11.7 Å². The monoisotopic (exact) mass is 707 g/mol. The van der Waals surface area contributed by atoms with Crippen molar-refractivity contribution in [3.63, 3.8) is 0 Å². The molecular weight excluding hydrogens is 671 g/mol. The number of nitrogens with one attached hydrogen (secondary N) is 3. The van der Waals surface area contributed by atoms with Crippen molar-refractivity contribution >= 4 is 40.9 Å². The van der Waals surface area contributed by atoms with Crippen molar-refractivity contribution in [1.29, 1.82) is 0 Å². The topological polar surface area (TPSA) is 168 Å². The lowest BCUT2D eigenvalue weighted by Gasteiger charge is -2.27. The zero-order valence-electron chi connectivity index (χ0n) is 27.6. The Balaban J connectivity index is 0.852. The third-order valence-electron chi connectivity index (χ3n) is 8.88. The highest BCUT2D eigenvalue weighted by Gasteiger charge is 2.44. The van der Waals surface area contributed by atoms with Gasteiger partial charge in [-0.3, -0.25) is 34.2 Å². The minimum atomic E-state index is -4.72. The maximum atomic E-state index is 13.7. The van der Waals surface area contributed by atoms with Crippen molar-refractivity contribution in [3.05, 3.63) is 71.2 Å². The molecule has 0 radical (unpaired) electrons. The summed E-state index contributed by atoms with van der Waals surface area (Å²) in [6.45, 7) is 1.05. The zero-order chi connectivity index (χ0) is 36.1. The van der Waals surface area contributed by atoms with Crippen LogP contribution in [0.5, 0.6) is 0 Å². The van der Waals surface area contributed by atoms with Crippen LogP contribution in [0, 0.1) is 0 Å². The number of halogens is 3. The number of alkyl halides is 3. The van der Waals surface area contributed by atoms with E-state index in [1.54, 1.807) is 24.3 Å². The van der Waals surface area contributed by atoms with E-state index in [0.29, 0.717) is 23.3 Å². The smallest absolute Gasteiger partial charge is 0.433 e. The van der Waals surface area contributed by atoms with Crippen LogP contribution < -0.4 is 16.0 Å². The van der Waals surface area contributed by atoms with Crippen LogP contribution in [0.2, 0.25) is 0 Å². The molecule has 1 saturated heterocycles. The predicted octanol–water partition coefficient (Wildman–Crippen LogP) is 5.37. The van der Waals surface area contributed by atoms with Crippen LogP contribution in [-0.2, 0) is 15.8 Å². The SMILES string of the molecule is O=C1CCC(N2C(=O)c3ccc(NCCCCCCCCCCNC(=O)c4cc5nc(-c6ccco6)cc(C(F)(F)F)n5n4)cc3C2=O)C(=O)N1. The third kappa shape index (κ3) is 7.94. The molecule has 0 bridgehead atoms. The summed E-state index contributed by atoms with van der Waals surface area (Å²) in [6.07, 6.45) is 4.41. The van der Waals surface area contributed by atoms with Gasteiger partial charge in [0.25, 0.3) is 17.7 Å². The lowest BCUT2D eigenvalue weighted by molar-refractivity contribution is -0.142. The van der Waals surface area contributed by atoms with Crippen molar-refractivity contribution in [1.82, 2.24) is 30.1 Å². The summed E-state index contributed by atoms with van der Waals surface area (Å²) >= 11 is 0. The van der Waals surface area contributed by atoms with Crippen molar-refractivity contribution in [2.45, 2.75) is 76.4 Å². The van der Waals surface area contributed by atoms with Crippen LogP contribution in [0.25, 0.3) is 17.1 Å². The summed E-state index contributed by atoms with van der Waals surface area (Å²) in [5.74, 6) is -2.54. The number of benzene rings is 1. The van der Waals surface area contributed by atoms with Gasteiger partial charge >= 0.3 is 6.18 Å². The highest BCUT2D eigenvalue weighted by atomic mass is 19.4. The fraction of sp³-hybridized carbons (Fsp3) is 0.400. The van der Waals surface area contributed by atoms with E-state index < -0.39 is 47.4 Å². The van der Waals surface area contributed by atoms with Gasteiger partial charge in [-0.15, -0.1) is 0 Å². The molecule has 13 nitrogen and oxygen atoms in total. The third-order valence-corrected chi connectivity index (χ3v) is 8.88. The number of aromatic nitrogens is 3. The van der Waals surface area contributed by atoms with Gasteiger partial charge in [-0.1, -0.05) is 38.5 Å². The van der Waals surface area contributed by atoms with Gasteiger partial charge in [0, 0.05) is 31.3 Å². The Bertz CT molecular complexity index is 1960. The lowest BCUT2D eigenvalue weighted by Crippen LogP contribution is -2.54. The number of carbonyl (C=O) groups excluding carboxylic acids is 5. The maximum Gasteiger partial charge on any atom is 0.433 e. The average molecular weight is 708 g/mol. The molecule has 3 aromatic heterocycles. The van der Waals surface area contributed by atoms with E-state index in [1.165, 1.54) is 18.4 Å². The summed E-state index contributed by atoms with van der Waals surface area (Å²) in [5.41, 5.74) is -0.169. The van der Waals surface area contributed by atoms with E-state index in [4.69, 9.17) is 4.42 Å². The fourth-order valence-corrected chi connectivity index (χ4v) is 6.25. The largest absolute Gasteiger partial charge is 0.463 e. The molecule has 1 atom stereocenters. The van der Waals surface area contributed by atoms with E-state index in [9.17, 15) is 37.1 Å². The zero-order valence-corrected chi connectivity index (χ0v) is 27.6. The highest BCUT2D eigenvalue weighted by molar-refractivity contribution is 6.23.